The van der Waals surface area contributed by atoms with Gasteiger partial charge in [-0.2, -0.15) is 0 Å². The van der Waals surface area contributed by atoms with E-state index in [-0.39, 0.29) is 17.8 Å². The summed E-state index contributed by atoms with van der Waals surface area (Å²) in [4.78, 5) is 25.1. The maximum absolute atomic E-state index is 13.0. The molecule has 142 valence electrons. The van der Waals surface area contributed by atoms with Crippen molar-refractivity contribution < 1.29 is 23.8 Å². The highest BCUT2D eigenvalue weighted by Crippen LogP contribution is 2.20. The first-order valence-electron chi connectivity index (χ1n) is 8.77. The van der Waals surface area contributed by atoms with Crippen molar-refractivity contribution in [3.05, 3.63) is 59.9 Å². The fourth-order valence-corrected chi connectivity index (χ4v) is 3.06. The van der Waals surface area contributed by atoms with Crippen LogP contribution in [0.1, 0.15) is 23.2 Å². The Bertz CT molecular complexity index is 802. The van der Waals surface area contributed by atoms with Crippen molar-refractivity contribution in [1.82, 2.24) is 4.90 Å². The molecule has 0 radical (unpaired) electrons. The van der Waals surface area contributed by atoms with E-state index in [1.54, 1.807) is 41.3 Å². The van der Waals surface area contributed by atoms with E-state index >= 15 is 0 Å². The van der Waals surface area contributed by atoms with Gasteiger partial charge in [0.25, 0.3) is 5.91 Å². The Hall–Kier alpha value is -3.09. The molecular weight excluding hydrogens is 351 g/mol. The zero-order chi connectivity index (χ0) is 19.2. The number of carbonyl (C=O) groups is 2. The molecule has 2 aromatic rings. The van der Waals surface area contributed by atoms with Crippen LogP contribution in [0.5, 0.6) is 5.75 Å². The summed E-state index contributed by atoms with van der Waals surface area (Å²) in [6, 6.07) is 13.0. The van der Waals surface area contributed by atoms with Gasteiger partial charge in [0.05, 0.1) is 0 Å². The van der Waals surface area contributed by atoms with E-state index in [0.717, 1.165) is 18.5 Å². The lowest BCUT2D eigenvalue weighted by Crippen LogP contribution is -2.42. The Labute approximate surface area is 156 Å². The standard InChI is InChI=1S/C20H21FN2O4/c21-15-4-6-16(7-5-15)22-17-8-10-23(11-9-17)20(26)14-2-1-3-18(12-14)27-13-19(24)25/h1-7,12,17,22H,8-11,13H2,(H,24,25). The second-order valence-electron chi connectivity index (χ2n) is 6.43. The molecule has 1 heterocycles. The molecule has 0 bridgehead atoms. The number of rotatable bonds is 6. The number of halogens is 1. The van der Waals surface area contributed by atoms with Crippen molar-refractivity contribution in [2.24, 2.45) is 0 Å². The molecule has 2 aromatic carbocycles. The van der Waals surface area contributed by atoms with E-state index in [9.17, 15) is 14.0 Å². The first kappa shape index (κ1) is 18.7. The second-order valence-corrected chi connectivity index (χ2v) is 6.43. The van der Waals surface area contributed by atoms with Gasteiger partial charge in [0, 0.05) is 30.4 Å². The fourth-order valence-electron chi connectivity index (χ4n) is 3.06. The molecule has 1 amide bonds. The molecule has 1 saturated heterocycles. The number of nitrogens with one attached hydrogen (secondary N) is 1. The van der Waals surface area contributed by atoms with E-state index < -0.39 is 12.6 Å². The molecule has 0 spiro atoms. The van der Waals surface area contributed by atoms with Gasteiger partial charge in [-0.15, -0.1) is 0 Å². The fraction of sp³-hybridized carbons (Fsp3) is 0.300. The predicted molar refractivity (Wildman–Crippen MR) is 98.5 cm³/mol. The highest BCUT2D eigenvalue weighted by atomic mass is 19.1. The molecule has 1 aliphatic rings. The second kappa shape index (κ2) is 8.53. The number of aliphatic carboxylic acids is 1. The van der Waals surface area contributed by atoms with Gasteiger partial charge in [-0.3, -0.25) is 4.79 Å². The molecule has 0 aliphatic carbocycles. The molecule has 1 fully saturated rings. The maximum atomic E-state index is 13.0. The SMILES string of the molecule is O=C(O)COc1cccc(C(=O)N2CCC(Nc3ccc(F)cc3)CC2)c1. The summed E-state index contributed by atoms with van der Waals surface area (Å²) in [5, 5.41) is 12.0. The van der Waals surface area contributed by atoms with Crippen molar-refractivity contribution in [3.8, 4) is 5.75 Å². The molecule has 2 N–H and O–H groups in total. The van der Waals surface area contributed by atoms with Crippen LogP contribution in [0.15, 0.2) is 48.5 Å². The Morgan fingerprint density at radius 3 is 2.52 bits per heavy atom. The Balaban J connectivity index is 1.54. The normalized spacial score (nSPS) is 14.6. The number of nitrogens with zero attached hydrogens (tertiary/aromatic N) is 1. The molecular formula is C20H21FN2O4. The molecule has 6 nitrogen and oxygen atoms in total. The molecule has 3 rings (SSSR count). The average Bonchev–Trinajstić information content (AvgIpc) is 2.68. The number of ether oxygens (including phenoxy) is 1. The highest BCUT2D eigenvalue weighted by Gasteiger charge is 2.23. The van der Waals surface area contributed by atoms with Crippen LogP contribution in [0, 0.1) is 5.82 Å². The molecule has 7 heteroatoms. The van der Waals surface area contributed by atoms with Crippen LogP contribution < -0.4 is 10.1 Å². The smallest absolute Gasteiger partial charge is 0.341 e. The first-order chi connectivity index (χ1) is 13.0. The third-order valence-corrected chi connectivity index (χ3v) is 4.44. The number of hydrogen-bond acceptors (Lipinski definition) is 4. The summed E-state index contributed by atoms with van der Waals surface area (Å²) in [6.45, 7) is 0.772. The Kier molecular flexibility index (Phi) is 5.90. The lowest BCUT2D eigenvalue weighted by molar-refractivity contribution is -0.139. The van der Waals surface area contributed by atoms with Gasteiger partial charge in [-0.05, 0) is 55.3 Å². The quantitative estimate of drug-likeness (QED) is 0.815. The number of amides is 1. The highest BCUT2D eigenvalue weighted by molar-refractivity contribution is 5.94. The molecule has 0 unspecified atom stereocenters. The van der Waals surface area contributed by atoms with Crippen LogP contribution in [0.4, 0.5) is 10.1 Å². The number of likely N-dealkylation sites (tertiary alicyclic amines) is 1. The Morgan fingerprint density at radius 1 is 1.15 bits per heavy atom. The summed E-state index contributed by atoms with van der Waals surface area (Å²) in [5.41, 5.74) is 1.34. The maximum Gasteiger partial charge on any atom is 0.341 e. The number of carboxylic acid groups (broad SMARTS) is 1. The van der Waals surface area contributed by atoms with Gasteiger partial charge in [0.15, 0.2) is 6.61 Å². The Morgan fingerprint density at radius 2 is 1.85 bits per heavy atom. The van der Waals surface area contributed by atoms with Gasteiger partial charge < -0.3 is 20.1 Å². The van der Waals surface area contributed by atoms with E-state index in [0.29, 0.717) is 24.4 Å². The van der Waals surface area contributed by atoms with Gasteiger partial charge in [0.1, 0.15) is 11.6 Å². The number of hydrogen-bond donors (Lipinski definition) is 2. The van der Waals surface area contributed by atoms with Crippen LogP contribution in [0.2, 0.25) is 0 Å². The summed E-state index contributed by atoms with van der Waals surface area (Å²) in [7, 11) is 0. The van der Waals surface area contributed by atoms with E-state index in [1.165, 1.54) is 12.1 Å². The topological polar surface area (TPSA) is 78.9 Å². The average molecular weight is 372 g/mol. The first-order valence-corrected chi connectivity index (χ1v) is 8.77. The summed E-state index contributed by atoms with van der Waals surface area (Å²) >= 11 is 0. The van der Waals surface area contributed by atoms with Crippen LogP contribution in [-0.4, -0.2) is 47.6 Å². The lowest BCUT2D eigenvalue weighted by Gasteiger charge is -2.33. The van der Waals surface area contributed by atoms with Crippen molar-refractivity contribution in [2.45, 2.75) is 18.9 Å². The zero-order valence-corrected chi connectivity index (χ0v) is 14.7. The van der Waals surface area contributed by atoms with Gasteiger partial charge in [-0.25, -0.2) is 9.18 Å². The number of benzene rings is 2. The van der Waals surface area contributed by atoms with Crippen LogP contribution >= 0.6 is 0 Å². The molecule has 27 heavy (non-hydrogen) atoms. The van der Waals surface area contributed by atoms with E-state index in [2.05, 4.69) is 5.32 Å². The minimum atomic E-state index is -1.07. The van der Waals surface area contributed by atoms with E-state index in [1.807, 2.05) is 0 Å². The summed E-state index contributed by atoms with van der Waals surface area (Å²) in [5.74, 6) is -1.08. The minimum absolute atomic E-state index is 0.101. The van der Waals surface area contributed by atoms with Crippen LogP contribution in [-0.2, 0) is 4.79 Å². The summed E-state index contributed by atoms with van der Waals surface area (Å²) in [6.07, 6.45) is 1.58. The van der Waals surface area contributed by atoms with Crippen molar-refractivity contribution in [2.75, 3.05) is 25.0 Å². The van der Waals surface area contributed by atoms with Gasteiger partial charge >= 0.3 is 5.97 Å². The minimum Gasteiger partial charge on any atom is -0.482 e. The number of anilines is 1. The zero-order valence-electron chi connectivity index (χ0n) is 14.7. The molecule has 0 aromatic heterocycles. The van der Waals surface area contributed by atoms with Crippen LogP contribution in [0.3, 0.4) is 0 Å². The lowest BCUT2D eigenvalue weighted by atomic mass is 10.0. The van der Waals surface area contributed by atoms with Crippen molar-refractivity contribution >= 4 is 17.6 Å². The number of carboxylic acids is 1. The largest absolute Gasteiger partial charge is 0.482 e. The molecule has 0 saturated carbocycles. The van der Waals surface area contributed by atoms with Crippen molar-refractivity contribution in [3.63, 3.8) is 0 Å². The predicted octanol–water partition coefficient (Wildman–Crippen LogP) is 3.01. The monoisotopic (exact) mass is 372 g/mol. The van der Waals surface area contributed by atoms with Gasteiger partial charge in [-0.1, -0.05) is 6.07 Å². The third kappa shape index (κ3) is 5.20. The van der Waals surface area contributed by atoms with Crippen LogP contribution in [0.25, 0.3) is 0 Å². The number of piperidine rings is 1. The molecule has 1 aliphatic heterocycles. The third-order valence-electron chi connectivity index (χ3n) is 4.44. The van der Waals surface area contributed by atoms with E-state index in [4.69, 9.17) is 9.84 Å². The number of carbonyl (C=O) groups excluding carboxylic acids is 1. The van der Waals surface area contributed by atoms with Crippen molar-refractivity contribution in [1.29, 1.82) is 0 Å². The summed E-state index contributed by atoms with van der Waals surface area (Å²) < 4.78 is 18.1. The van der Waals surface area contributed by atoms with Gasteiger partial charge in [0.2, 0.25) is 0 Å². The molecule has 0 atom stereocenters.